The van der Waals surface area contributed by atoms with Gasteiger partial charge in [0.05, 0.1) is 14.2 Å². The van der Waals surface area contributed by atoms with Crippen molar-refractivity contribution >= 4 is 5.91 Å². The number of hydrogen-bond acceptors (Lipinski definition) is 5. The number of aromatic nitrogens is 2. The molecule has 0 atom stereocenters. The third-order valence-electron chi connectivity index (χ3n) is 4.29. The van der Waals surface area contributed by atoms with Crippen molar-refractivity contribution in [2.75, 3.05) is 14.2 Å². The molecule has 25 heavy (non-hydrogen) atoms. The van der Waals surface area contributed by atoms with Crippen molar-refractivity contribution in [3.05, 3.63) is 36.2 Å². The maximum absolute atomic E-state index is 12.2. The normalized spacial score (nSPS) is 14.3. The number of amides is 1. The fourth-order valence-electron chi connectivity index (χ4n) is 2.97. The summed E-state index contributed by atoms with van der Waals surface area (Å²) in [6, 6.07) is 7.37. The highest BCUT2D eigenvalue weighted by molar-refractivity contribution is 5.92. The number of hydrogen-bond donors (Lipinski definition) is 1. The molecule has 1 heterocycles. The Labute approximate surface area is 146 Å². The van der Waals surface area contributed by atoms with Gasteiger partial charge in [-0.1, -0.05) is 18.9 Å². The minimum absolute atomic E-state index is 0.138. The summed E-state index contributed by atoms with van der Waals surface area (Å²) in [5.74, 6) is 1.51. The summed E-state index contributed by atoms with van der Waals surface area (Å²) in [4.78, 5) is 12.2. The van der Waals surface area contributed by atoms with Crippen LogP contribution in [-0.2, 0) is 6.73 Å². The Balaban J connectivity index is 1.63. The van der Waals surface area contributed by atoms with E-state index in [0.29, 0.717) is 22.9 Å². The highest BCUT2D eigenvalue weighted by Gasteiger charge is 2.19. The van der Waals surface area contributed by atoms with Crippen molar-refractivity contribution in [2.45, 2.75) is 38.5 Å². The zero-order valence-corrected chi connectivity index (χ0v) is 14.5. The number of para-hydroxylation sites is 1. The van der Waals surface area contributed by atoms with Crippen molar-refractivity contribution in [1.29, 1.82) is 0 Å². The molecule has 0 aliphatic heterocycles. The molecule has 0 spiro atoms. The van der Waals surface area contributed by atoms with Gasteiger partial charge in [0.2, 0.25) is 5.75 Å². The number of benzene rings is 1. The Hall–Kier alpha value is -2.70. The second-order valence-corrected chi connectivity index (χ2v) is 5.96. The van der Waals surface area contributed by atoms with E-state index in [1.165, 1.54) is 12.8 Å². The SMILES string of the molecule is COc1cccc(OC)c1OCn1ccc(C(=O)NC2CCCC2)n1. The van der Waals surface area contributed by atoms with Crippen molar-refractivity contribution in [3.63, 3.8) is 0 Å². The van der Waals surface area contributed by atoms with E-state index < -0.39 is 0 Å². The van der Waals surface area contributed by atoms with Crippen LogP contribution in [0, 0.1) is 0 Å². The fourth-order valence-corrected chi connectivity index (χ4v) is 2.97. The second kappa shape index (κ2) is 7.92. The zero-order valence-electron chi connectivity index (χ0n) is 14.5. The van der Waals surface area contributed by atoms with Gasteiger partial charge in [-0.3, -0.25) is 4.79 Å². The quantitative estimate of drug-likeness (QED) is 0.835. The Morgan fingerprint density at radius 3 is 2.52 bits per heavy atom. The molecule has 7 heteroatoms. The van der Waals surface area contributed by atoms with Crippen LogP contribution in [0.4, 0.5) is 0 Å². The van der Waals surface area contributed by atoms with Crippen LogP contribution in [0.2, 0.25) is 0 Å². The third-order valence-corrected chi connectivity index (χ3v) is 4.29. The molecule has 1 N–H and O–H groups in total. The Morgan fingerprint density at radius 2 is 1.88 bits per heavy atom. The number of rotatable bonds is 7. The zero-order chi connectivity index (χ0) is 17.6. The Morgan fingerprint density at radius 1 is 1.20 bits per heavy atom. The number of carbonyl (C=O) groups excluding carboxylic acids is 1. The molecule has 1 aromatic heterocycles. The summed E-state index contributed by atoms with van der Waals surface area (Å²) in [5, 5.41) is 7.30. The molecular formula is C18H23N3O4. The maximum atomic E-state index is 12.2. The monoisotopic (exact) mass is 345 g/mol. The number of ether oxygens (including phenoxy) is 3. The van der Waals surface area contributed by atoms with Gasteiger partial charge in [-0.05, 0) is 31.0 Å². The van der Waals surface area contributed by atoms with Gasteiger partial charge < -0.3 is 19.5 Å². The topological polar surface area (TPSA) is 74.6 Å². The van der Waals surface area contributed by atoms with E-state index in [2.05, 4.69) is 10.4 Å². The molecule has 0 saturated heterocycles. The number of nitrogens with zero attached hydrogens (tertiary/aromatic N) is 2. The van der Waals surface area contributed by atoms with Crippen molar-refractivity contribution < 1.29 is 19.0 Å². The molecular weight excluding hydrogens is 322 g/mol. The average Bonchev–Trinajstić information content (AvgIpc) is 3.31. The van der Waals surface area contributed by atoms with E-state index in [4.69, 9.17) is 14.2 Å². The van der Waals surface area contributed by atoms with Gasteiger partial charge in [-0.15, -0.1) is 0 Å². The molecule has 134 valence electrons. The summed E-state index contributed by atoms with van der Waals surface area (Å²) >= 11 is 0. The first kappa shape index (κ1) is 17.1. The van der Waals surface area contributed by atoms with Gasteiger partial charge in [0, 0.05) is 12.2 Å². The van der Waals surface area contributed by atoms with Crippen LogP contribution >= 0.6 is 0 Å². The molecule has 1 saturated carbocycles. The van der Waals surface area contributed by atoms with E-state index in [-0.39, 0.29) is 18.7 Å². The molecule has 1 aliphatic rings. The predicted octanol–water partition coefficient (Wildman–Crippen LogP) is 2.61. The number of carbonyl (C=O) groups is 1. The average molecular weight is 345 g/mol. The third kappa shape index (κ3) is 4.04. The lowest BCUT2D eigenvalue weighted by Crippen LogP contribution is -2.32. The van der Waals surface area contributed by atoms with Crippen LogP contribution in [0.25, 0.3) is 0 Å². The minimum Gasteiger partial charge on any atom is -0.493 e. The summed E-state index contributed by atoms with van der Waals surface area (Å²) in [7, 11) is 3.14. The summed E-state index contributed by atoms with van der Waals surface area (Å²) < 4.78 is 17.9. The van der Waals surface area contributed by atoms with Crippen molar-refractivity contribution in [1.82, 2.24) is 15.1 Å². The van der Waals surface area contributed by atoms with Crippen molar-refractivity contribution in [3.8, 4) is 17.2 Å². The second-order valence-electron chi connectivity index (χ2n) is 5.96. The molecule has 0 bridgehead atoms. The van der Waals surface area contributed by atoms with Crippen LogP contribution in [0.3, 0.4) is 0 Å². The van der Waals surface area contributed by atoms with Crippen LogP contribution in [-0.4, -0.2) is 35.9 Å². The minimum atomic E-state index is -0.138. The van der Waals surface area contributed by atoms with Gasteiger partial charge in [0.15, 0.2) is 18.2 Å². The summed E-state index contributed by atoms with van der Waals surface area (Å²) in [5.41, 5.74) is 0.391. The van der Waals surface area contributed by atoms with Gasteiger partial charge in [-0.2, -0.15) is 5.10 Å². The number of nitrogens with one attached hydrogen (secondary N) is 1. The summed E-state index contributed by atoms with van der Waals surface area (Å²) in [6.45, 7) is 0.146. The van der Waals surface area contributed by atoms with E-state index in [9.17, 15) is 4.79 Å². The van der Waals surface area contributed by atoms with E-state index in [1.54, 1.807) is 43.3 Å². The Bertz CT molecular complexity index is 701. The number of methoxy groups -OCH3 is 2. The fraction of sp³-hybridized carbons (Fsp3) is 0.444. The van der Waals surface area contributed by atoms with Crippen LogP contribution in [0.15, 0.2) is 30.5 Å². The van der Waals surface area contributed by atoms with E-state index >= 15 is 0 Å². The largest absolute Gasteiger partial charge is 0.493 e. The predicted molar refractivity (Wildman–Crippen MR) is 92.1 cm³/mol. The van der Waals surface area contributed by atoms with Gasteiger partial charge in [-0.25, -0.2) is 4.68 Å². The van der Waals surface area contributed by atoms with Crippen LogP contribution in [0.1, 0.15) is 36.2 Å². The lowest BCUT2D eigenvalue weighted by molar-refractivity contribution is 0.0930. The highest BCUT2D eigenvalue weighted by atomic mass is 16.5. The molecule has 0 unspecified atom stereocenters. The van der Waals surface area contributed by atoms with Crippen LogP contribution in [0.5, 0.6) is 17.2 Å². The smallest absolute Gasteiger partial charge is 0.271 e. The summed E-state index contributed by atoms with van der Waals surface area (Å²) in [6.07, 6.45) is 6.15. The lowest BCUT2D eigenvalue weighted by Gasteiger charge is -2.14. The molecule has 1 amide bonds. The molecule has 7 nitrogen and oxygen atoms in total. The first-order valence-corrected chi connectivity index (χ1v) is 8.39. The van der Waals surface area contributed by atoms with E-state index in [0.717, 1.165) is 12.8 Å². The van der Waals surface area contributed by atoms with Crippen molar-refractivity contribution in [2.24, 2.45) is 0 Å². The lowest BCUT2D eigenvalue weighted by atomic mass is 10.2. The molecule has 1 aliphatic carbocycles. The van der Waals surface area contributed by atoms with E-state index in [1.807, 2.05) is 6.07 Å². The molecule has 2 aromatic rings. The maximum Gasteiger partial charge on any atom is 0.271 e. The highest BCUT2D eigenvalue weighted by Crippen LogP contribution is 2.36. The van der Waals surface area contributed by atoms with Gasteiger partial charge in [0.1, 0.15) is 5.69 Å². The van der Waals surface area contributed by atoms with Crippen LogP contribution < -0.4 is 19.5 Å². The molecule has 3 rings (SSSR count). The molecule has 0 radical (unpaired) electrons. The first-order chi connectivity index (χ1) is 12.2. The first-order valence-electron chi connectivity index (χ1n) is 8.39. The Kier molecular flexibility index (Phi) is 5.42. The standard InChI is InChI=1S/C18H23N3O4/c1-23-15-8-5-9-16(24-2)17(15)25-12-21-11-10-14(20-21)18(22)19-13-6-3-4-7-13/h5,8-11,13H,3-4,6-7,12H2,1-2H3,(H,19,22). The van der Waals surface area contributed by atoms with Gasteiger partial charge in [0.25, 0.3) is 5.91 Å². The molecule has 1 fully saturated rings. The van der Waals surface area contributed by atoms with Gasteiger partial charge >= 0.3 is 0 Å². The molecule has 1 aromatic carbocycles.